The fourth-order valence-corrected chi connectivity index (χ4v) is 1.15. The first kappa shape index (κ1) is 10.9. The van der Waals surface area contributed by atoms with E-state index >= 15 is 0 Å². The molecule has 0 aromatic heterocycles. The van der Waals surface area contributed by atoms with Crippen LogP contribution in [0.1, 0.15) is 17.2 Å². The Kier molecular flexibility index (Phi) is 3.83. The zero-order valence-electron chi connectivity index (χ0n) is 7.80. The van der Waals surface area contributed by atoms with Gasteiger partial charge in [0, 0.05) is 0 Å². The van der Waals surface area contributed by atoms with Crippen molar-refractivity contribution in [2.45, 2.75) is 12.2 Å². The van der Waals surface area contributed by atoms with E-state index in [1.54, 1.807) is 30.3 Å². The van der Waals surface area contributed by atoms with Gasteiger partial charge in [0.15, 0.2) is 0 Å². The highest BCUT2D eigenvalue weighted by molar-refractivity contribution is 5.47. The smallest absolute Gasteiger partial charge is 0.107 e. The summed E-state index contributed by atoms with van der Waals surface area (Å²) in [7, 11) is 0. The molecule has 0 saturated carbocycles. The average molecular weight is 194 g/mol. The second-order valence-electron chi connectivity index (χ2n) is 3.07. The minimum Gasteiger partial charge on any atom is -0.394 e. The number of aliphatic hydroxyl groups excluding tert-OH is 3. The van der Waals surface area contributed by atoms with Crippen LogP contribution >= 0.6 is 0 Å². The number of aliphatic hydroxyl groups is 3. The highest BCUT2D eigenvalue weighted by Gasteiger charge is 2.16. The first-order valence-electron chi connectivity index (χ1n) is 4.38. The van der Waals surface area contributed by atoms with E-state index in [0.717, 1.165) is 5.56 Å². The van der Waals surface area contributed by atoms with Gasteiger partial charge in [0.25, 0.3) is 0 Å². The molecule has 0 aliphatic heterocycles. The lowest BCUT2D eigenvalue weighted by molar-refractivity contribution is -0.0152. The number of hydrogen-bond donors (Lipinski definition) is 3. The lowest BCUT2D eigenvalue weighted by Gasteiger charge is -2.15. The van der Waals surface area contributed by atoms with Crippen molar-refractivity contribution in [3.63, 3.8) is 0 Å². The average Bonchev–Trinajstić information content (AvgIpc) is 2.27. The van der Waals surface area contributed by atoms with Gasteiger partial charge < -0.3 is 15.3 Å². The van der Waals surface area contributed by atoms with Crippen molar-refractivity contribution in [3.8, 4) is 0 Å². The third-order valence-electron chi connectivity index (χ3n) is 2.07. The Bertz CT molecular complexity index is 292. The quantitative estimate of drug-likeness (QED) is 0.661. The second kappa shape index (κ2) is 4.91. The predicted molar refractivity (Wildman–Crippen MR) is 54.6 cm³/mol. The van der Waals surface area contributed by atoms with Crippen molar-refractivity contribution in [3.05, 3.63) is 42.0 Å². The molecule has 1 aromatic carbocycles. The van der Waals surface area contributed by atoms with Crippen LogP contribution < -0.4 is 0 Å². The molecule has 76 valence electrons. The molecule has 1 aromatic rings. The normalized spacial score (nSPS) is 14.8. The van der Waals surface area contributed by atoms with Gasteiger partial charge in [-0.1, -0.05) is 36.9 Å². The third kappa shape index (κ3) is 2.42. The van der Waals surface area contributed by atoms with E-state index in [4.69, 9.17) is 5.11 Å². The van der Waals surface area contributed by atoms with E-state index in [0.29, 0.717) is 5.56 Å². The zero-order valence-corrected chi connectivity index (χ0v) is 7.80. The Morgan fingerprint density at radius 1 is 1.21 bits per heavy atom. The van der Waals surface area contributed by atoms with E-state index < -0.39 is 18.8 Å². The van der Waals surface area contributed by atoms with Crippen molar-refractivity contribution < 1.29 is 15.3 Å². The number of rotatable bonds is 4. The van der Waals surface area contributed by atoms with Crippen LogP contribution in [0.5, 0.6) is 0 Å². The van der Waals surface area contributed by atoms with Crippen molar-refractivity contribution in [1.82, 2.24) is 0 Å². The number of hydrogen-bond acceptors (Lipinski definition) is 3. The van der Waals surface area contributed by atoms with Gasteiger partial charge in [0.05, 0.1) is 6.61 Å². The molecule has 3 heteroatoms. The Balaban J connectivity index is 2.80. The Labute approximate surface area is 82.9 Å². The van der Waals surface area contributed by atoms with E-state index in [-0.39, 0.29) is 0 Å². The zero-order chi connectivity index (χ0) is 10.6. The van der Waals surface area contributed by atoms with Crippen LogP contribution in [-0.2, 0) is 0 Å². The van der Waals surface area contributed by atoms with Crippen LogP contribution in [0.15, 0.2) is 30.8 Å². The molecule has 0 aliphatic rings. The molecule has 2 unspecified atom stereocenters. The van der Waals surface area contributed by atoms with Gasteiger partial charge >= 0.3 is 0 Å². The molecule has 0 heterocycles. The summed E-state index contributed by atoms with van der Waals surface area (Å²) in [6.07, 6.45) is -0.484. The second-order valence-corrected chi connectivity index (χ2v) is 3.07. The Hall–Kier alpha value is -1.16. The molecule has 0 radical (unpaired) electrons. The summed E-state index contributed by atoms with van der Waals surface area (Å²) in [5.41, 5.74) is 1.52. The fourth-order valence-electron chi connectivity index (χ4n) is 1.15. The molecule has 1 rings (SSSR count). The molecular formula is C11H14O3. The maximum atomic E-state index is 9.52. The molecule has 14 heavy (non-hydrogen) atoms. The Morgan fingerprint density at radius 2 is 1.79 bits per heavy atom. The van der Waals surface area contributed by atoms with E-state index in [9.17, 15) is 10.2 Å². The van der Waals surface area contributed by atoms with Crippen LogP contribution in [0.25, 0.3) is 6.08 Å². The standard InChI is InChI=1S/C11H14O3/c1-2-8-3-5-9(6-4-8)11(14)10(13)7-12/h2-6,10-14H,1,7H2. The van der Waals surface area contributed by atoms with Gasteiger partial charge in [-0.25, -0.2) is 0 Å². The first-order chi connectivity index (χ1) is 6.69. The Morgan fingerprint density at radius 3 is 2.21 bits per heavy atom. The minimum atomic E-state index is -1.13. The summed E-state index contributed by atoms with van der Waals surface area (Å²) in [5.74, 6) is 0. The first-order valence-corrected chi connectivity index (χ1v) is 4.38. The van der Waals surface area contributed by atoms with Crippen molar-refractivity contribution >= 4 is 6.08 Å². The number of benzene rings is 1. The van der Waals surface area contributed by atoms with Gasteiger partial charge in [-0.2, -0.15) is 0 Å². The monoisotopic (exact) mass is 194 g/mol. The lowest BCUT2D eigenvalue weighted by atomic mass is 10.0. The van der Waals surface area contributed by atoms with Gasteiger partial charge in [-0.15, -0.1) is 0 Å². The molecule has 0 fully saturated rings. The molecule has 0 aliphatic carbocycles. The molecular weight excluding hydrogens is 180 g/mol. The molecule has 0 bridgehead atoms. The maximum absolute atomic E-state index is 9.52. The highest BCUT2D eigenvalue weighted by Crippen LogP contribution is 2.17. The van der Waals surface area contributed by atoms with E-state index in [1.807, 2.05) is 0 Å². The summed E-state index contributed by atoms with van der Waals surface area (Å²) in [4.78, 5) is 0. The molecule has 0 amide bonds. The van der Waals surface area contributed by atoms with Crippen LogP contribution in [-0.4, -0.2) is 28.0 Å². The maximum Gasteiger partial charge on any atom is 0.107 e. The van der Waals surface area contributed by atoms with Gasteiger partial charge in [0.2, 0.25) is 0 Å². The molecule has 3 nitrogen and oxygen atoms in total. The van der Waals surface area contributed by atoms with Crippen LogP contribution in [0.4, 0.5) is 0 Å². The van der Waals surface area contributed by atoms with Gasteiger partial charge in [-0.05, 0) is 11.1 Å². The van der Waals surface area contributed by atoms with Crippen molar-refractivity contribution in [2.24, 2.45) is 0 Å². The largest absolute Gasteiger partial charge is 0.394 e. The minimum absolute atomic E-state index is 0.454. The topological polar surface area (TPSA) is 60.7 Å². The lowest BCUT2D eigenvalue weighted by Crippen LogP contribution is -2.21. The molecule has 0 saturated heterocycles. The molecule has 0 spiro atoms. The molecule has 2 atom stereocenters. The van der Waals surface area contributed by atoms with E-state index in [1.165, 1.54) is 0 Å². The van der Waals surface area contributed by atoms with Crippen LogP contribution in [0.2, 0.25) is 0 Å². The predicted octanol–water partition coefficient (Wildman–Crippen LogP) is 0.716. The summed E-state index contributed by atoms with van der Waals surface area (Å²) in [5, 5.41) is 27.3. The van der Waals surface area contributed by atoms with Crippen LogP contribution in [0.3, 0.4) is 0 Å². The molecule has 3 N–H and O–H groups in total. The fraction of sp³-hybridized carbons (Fsp3) is 0.273. The van der Waals surface area contributed by atoms with E-state index in [2.05, 4.69) is 6.58 Å². The third-order valence-corrected chi connectivity index (χ3v) is 2.07. The summed E-state index contributed by atoms with van der Waals surface area (Å²) < 4.78 is 0. The summed E-state index contributed by atoms with van der Waals surface area (Å²) in [6.45, 7) is 3.15. The SMILES string of the molecule is C=Cc1ccc(C(O)C(O)CO)cc1. The van der Waals surface area contributed by atoms with Gasteiger partial charge in [0.1, 0.15) is 12.2 Å². The highest BCUT2D eigenvalue weighted by atomic mass is 16.4. The summed E-state index contributed by atoms with van der Waals surface area (Å²) in [6, 6.07) is 6.96. The van der Waals surface area contributed by atoms with Gasteiger partial charge in [-0.3, -0.25) is 0 Å². The van der Waals surface area contributed by atoms with Crippen LogP contribution in [0, 0.1) is 0 Å². The van der Waals surface area contributed by atoms with Crippen molar-refractivity contribution in [2.75, 3.05) is 6.61 Å². The van der Waals surface area contributed by atoms with Crippen molar-refractivity contribution in [1.29, 1.82) is 0 Å². The summed E-state index contributed by atoms with van der Waals surface area (Å²) >= 11 is 0.